The summed E-state index contributed by atoms with van der Waals surface area (Å²) in [4.78, 5) is 0. The molecule has 2 rings (SSSR count). The number of benzene rings is 1. The van der Waals surface area contributed by atoms with Crippen LogP contribution in [0.1, 0.15) is 16.7 Å². The van der Waals surface area contributed by atoms with E-state index in [9.17, 15) is 13.2 Å². The molecule has 8 heteroatoms. The Balaban J connectivity index is 2.56. The molecule has 0 saturated carbocycles. The number of rotatable bonds is 2. The Morgan fingerprint density at radius 2 is 2.10 bits per heavy atom. The van der Waals surface area contributed by atoms with Crippen molar-refractivity contribution in [3.63, 3.8) is 0 Å². The van der Waals surface area contributed by atoms with Crippen molar-refractivity contribution in [2.75, 3.05) is 0 Å². The first-order valence-electron chi connectivity index (χ1n) is 5.53. The van der Waals surface area contributed by atoms with Gasteiger partial charge in [-0.2, -0.15) is 18.3 Å². The van der Waals surface area contributed by atoms with Crippen LogP contribution >= 0.6 is 0 Å². The van der Waals surface area contributed by atoms with Crippen LogP contribution < -0.4 is 5.73 Å². The number of aryl methyl sites for hydroxylation is 1. The minimum atomic E-state index is -4.47. The minimum absolute atomic E-state index is 0.201. The van der Waals surface area contributed by atoms with Gasteiger partial charge in [0.1, 0.15) is 0 Å². The number of hydrogen-bond acceptors (Lipinski definition) is 3. The second kappa shape index (κ2) is 4.87. The summed E-state index contributed by atoms with van der Waals surface area (Å²) in [6.07, 6.45) is -2.91. The molecular weight excluding hydrogens is 273 g/mol. The second-order valence-electron chi connectivity index (χ2n) is 4.18. The summed E-state index contributed by atoms with van der Waals surface area (Å²) < 4.78 is 38.7. The lowest BCUT2D eigenvalue weighted by molar-refractivity contribution is -0.137. The Morgan fingerprint density at radius 1 is 1.40 bits per heavy atom. The number of aromatic nitrogens is 2. The maximum Gasteiger partial charge on any atom is 0.419 e. The van der Waals surface area contributed by atoms with Gasteiger partial charge in [0.2, 0.25) is 0 Å². The molecule has 0 unspecified atom stereocenters. The molecule has 0 saturated heterocycles. The fraction of sp³-hybridized carbons (Fsp3) is 0.167. The van der Waals surface area contributed by atoms with Crippen LogP contribution in [0, 0.1) is 6.92 Å². The third kappa shape index (κ3) is 2.58. The zero-order chi connectivity index (χ0) is 14.9. The molecule has 0 radical (unpaired) electrons. The lowest BCUT2D eigenvalue weighted by Gasteiger charge is -2.09. The minimum Gasteiger partial charge on any atom is -0.409 e. The van der Waals surface area contributed by atoms with E-state index in [4.69, 9.17) is 10.9 Å². The number of nitrogens with zero attached hydrogens (tertiary/aromatic N) is 3. The second-order valence-corrected chi connectivity index (χ2v) is 4.18. The zero-order valence-corrected chi connectivity index (χ0v) is 10.4. The molecule has 2 aromatic rings. The van der Waals surface area contributed by atoms with Crippen molar-refractivity contribution < 1.29 is 18.4 Å². The van der Waals surface area contributed by atoms with Gasteiger partial charge in [0.25, 0.3) is 0 Å². The summed E-state index contributed by atoms with van der Waals surface area (Å²) in [7, 11) is 0. The molecule has 0 bridgehead atoms. The SMILES string of the molecule is Cc1ccc(-n2cc(C(F)(F)F)cn2)c(/C(N)=N/O)c1. The van der Waals surface area contributed by atoms with Gasteiger partial charge in [0.15, 0.2) is 5.84 Å². The van der Waals surface area contributed by atoms with Crippen molar-refractivity contribution in [1.82, 2.24) is 9.78 Å². The number of hydrogen-bond donors (Lipinski definition) is 2. The monoisotopic (exact) mass is 284 g/mol. The molecular formula is C12H11F3N4O. The van der Waals surface area contributed by atoms with Gasteiger partial charge in [-0.3, -0.25) is 0 Å². The van der Waals surface area contributed by atoms with Crippen molar-refractivity contribution in [3.8, 4) is 5.69 Å². The molecule has 1 heterocycles. The van der Waals surface area contributed by atoms with Gasteiger partial charge in [-0.25, -0.2) is 4.68 Å². The average molecular weight is 284 g/mol. The fourth-order valence-corrected chi connectivity index (χ4v) is 1.71. The normalized spacial score (nSPS) is 12.7. The topological polar surface area (TPSA) is 76.4 Å². The van der Waals surface area contributed by atoms with Crippen LogP contribution in [0.3, 0.4) is 0 Å². The largest absolute Gasteiger partial charge is 0.419 e. The van der Waals surface area contributed by atoms with Crippen molar-refractivity contribution in [1.29, 1.82) is 0 Å². The van der Waals surface area contributed by atoms with E-state index in [2.05, 4.69) is 10.3 Å². The van der Waals surface area contributed by atoms with Crippen LogP contribution in [0.2, 0.25) is 0 Å². The number of amidine groups is 1. The number of halogens is 3. The summed E-state index contributed by atoms with van der Waals surface area (Å²) >= 11 is 0. The van der Waals surface area contributed by atoms with Gasteiger partial charge >= 0.3 is 6.18 Å². The highest BCUT2D eigenvalue weighted by molar-refractivity contribution is 6.00. The van der Waals surface area contributed by atoms with Crippen molar-refractivity contribution >= 4 is 5.84 Å². The first-order chi connectivity index (χ1) is 9.32. The fourth-order valence-electron chi connectivity index (χ4n) is 1.71. The molecule has 5 nitrogen and oxygen atoms in total. The molecule has 0 spiro atoms. The van der Waals surface area contributed by atoms with Crippen LogP contribution in [0.25, 0.3) is 5.69 Å². The zero-order valence-electron chi connectivity index (χ0n) is 10.4. The van der Waals surface area contributed by atoms with Crippen LogP contribution in [0.5, 0.6) is 0 Å². The number of alkyl halides is 3. The Bertz CT molecular complexity index is 661. The molecule has 0 amide bonds. The molecule has 1 aromatic heterocycles. The Kier molecular flexibility index (Phi) is 3.39. The smallest absolute Gasteiger partial charge is 0.409 e. The van der Waals surface area contributed by atoms with E-state index in [1.54, 1.807) is 25.1 Å². The van der Waals surface area contributed by atoms with Crippen molar-refractivity contribution in [2.45, 2.75) is 13.1 Å². The Labute approximate surface area is 112 Å². The highest BCUT2D eigenvalue weighted by Gasteiger charge is 2.32. The lowest BCUT2D eigenvalue weighted by atomic mass is 10.1. The molecule has 0 fully saturated rings. The number of nitrogens with two attached hydrogens (primary N) is 1. The number of oxime groups is 1. The first kappa shape index (κ1) is 13.9. The van der Waals surface area contributed by atoms with E-state index in [1.807, 2.05) is 0 Å². The molecule has 1 aromatic carbocycles. The standard InChI is InChI=1S/C12H11F3N4O/c1-7-2-3-10(9(4-7)11(16)18-20)19-6-8(5-17-19)12(13,14)15/h2-6,20H,1H3,(H2,16,18). The van der Waals surface area contributed by atoms with Crippen molar-refractivity contribution in [2.24, 2.45) is 10.9 Å². The molecule has 3 N–H and O–H groups in total. The maximum atomic E-state index is 12.6. The van der Waals surface area contributed by atoms with Gasteiger partial charge in [0.05, 0.1) is 17.4 Å². The van der Waals surface area contributed by atoms with E-state index >= 15 is 0 Å². The van der Waals surface area contributed by atoms with E-state index in [-0.39, 0.29) is 5.84 Å². The summed E-state index contributed by atoms with van der Waals surface area (Å²) in [5.74, 6) is -0.201. The van der Waals surface area contributed by atoms with E-state index in [0.717, 1.165) is 22.6 Å². The van der Waals surface area contributed by atoms with Gasteiger partial charge in [0, 0.05) is 11.8 Å². The van der Waals surface area contributed by atoms with E-state index in [1.165, 1.54) is 0 Å². The van der Waals surface area contributed by atoms with Crippen LogP contribution in [-0.2, 0) is 6.18 Å². The summed E-state index contributed by atoms with van der Waals surface area (Å²) in [5.41, 5.74) is 6.07. The third-order valence-electron chi connectivity index (χ3n) is 2.69. The molecule has 0 atom stereocenters. The molecule has 106 valence electrons. The predicted octanol–water partition coefficient (Wildman–Crippen LogP) is 2.29. The summed E-state index contributed by atoms with van der Waals surface area (Å²) in [5, 5.41) is 15.3. The van der Waals surface area contributed by atoms with Crippen LogP contribution in [-0.4, -0.2) is 20.8 Å². The Hall–Kier alpha value is -2.51. The highest BCUT2D eigenvalue weighted by Crippen LogP contribution is 2.29. The van der Waals surface area contributed by atoms with Crippen LogP contribution in [0.4, 0.5) is 13.2 Å². The van der Waals surface area contributed by atoms with E-state index < -0.39 is 11.7 Å². The van der Waals surface area contributed by atoms with Gasteiger partial charge in [-0.15, -0.1) is 0 Å². The third-order valence-corrected chi connectivity index (χ3v) is 2.69. The lowest BCUT2D eigenvalue weighted by Crippen LogP contribution is -2.16. The molecule has 20 heavy (non-hydrogen) atoms. The summed E-state index contributed by atoms with van der Waals surface area (Å²) in [6, 6.07) is 4.84. The maximum absolute atomic E-state index is 12.6. The summed E-state index contributed by atoms with van der Waals surface area (Å²) in [6.45, 7) is 1.78. The van der Waals surface area contributed by atoms with Gasteiger partial charge in [-0.05, 0) is 19.1 Å². The van der Waals surface area contributed by atoms with Crippen LogP contribution in [0.15, 0.2) is 35.7 Å². The molecule has 0 aliphatic heterocycles. The average Bonchev–Trinajstić information content (AvgIpc) is 2.87. The van der Waals surface area contributed by atoms with Gasteiger partial charge < -0.3 is 10.9 Å². The first-order valence-corrected chi connectivity index (χ1v) is 5.53. The predicted molar refractivity (Wildman–Crippen MR) is 65.8 cm³/mol. The Morgan fingerprint density at radius 3 is 2.65 bits per heavy atom. The van der Waals surface area contributed by atoms with Gasteiger partial charge in [-0.1, -0.05) is 16.8 Å². The quantitative estimate of drug-likeness (QED) is 0.384. The van der Waals surface area contributed by atoms with E-state index in [0.29, 0.717) is 11.3 Å². The molecule has 0 aliphatic carbocycles. The molecule has 0 aliphatic rings. The highest BCUT2D eigenvalue weighted by atomic mass is 19.4. The van der Waals surface area contributed by atoms with Crippen molar-refractivity contribution in [3.05, 3.63) is 47.3 Å².